The van der Waals surface area contributed by atoms with Gasteiger partial charge in [0.05, 0.1) is 11.4 Å². The number of hydrogen-bond acceptors (Lipinski definition) is 4. The molecular formula is C14H20N4O2. The molecule has 0 aliphatic heterocycles. The van der Waals surface area contributed by atoms with Gasteiger partial charge in [-0.25, -0.2) is 4.68 Å². The Morgan fingerprint density at radius 1 is 1.45 bits per heavy atom. The van der Waals surface area contributed by atoms with Crippen molar-refractivity contribution in [2.45, 2.75) is 46.6 Å². The smallest absolute Gasteiger partial charge is 0.295 e. The van der Waals surface area contributed by atoms with E-state index in [-0.39, 0.29) is 17.6 Å². The highest BCUT2D eigenvalue weighted by Gasteiger charge is 2.16. The Balaban J connectivity index is 2.14. The Bertz CT molecular complexity index is 598. The van der Waals surface area contributed by atoms with Gasteiger partial charge in [0.25, 0.3) is 5.91 Å². The number of amides is 1. The minimum Gasteiger partial charge on any atom is -0.351 e. The van der Waals surface area contributed by atoms with Crippen LogP contribution in [0, 0.1) is 6.92 Å². The van der Waals surface area contributed by atoms with E-state index in [9.17, 15) is 4.79 Å². The maximum atomic E-state index is 12.1. The maximum Gasteiger partial charge on any atom is 0.295 e. The molecule has 108 valence electrons. The van der Waals surface area contributed by atoms with Crippen LogP contribution in [0.5, 0.6) is 0 Å². The van der Waals surface area contributed by atoms with Crippen LogP contribution in [0.1, 0.15) is 55.1 Å². The lowest BCUT2D eigenvalue weighted by Gasteiger charge is -2.05. The lowest BCUT2D eigenvalue weighted by molar-refractivity contribution is 0.0986. The first kappa shape index (κ1) is 14.3. The van der Waals surface area contributed by atoms with E-state index >= 15 is 0 Å². The van der Waals surface area contributed by atoms with E-state index < -0.39 is 0 Å². The fourth-order valence-electron chi connectivity index (χ4n) is 1.87. The quantitative estimate of drug-likeness (QED) is 0.911. The van der Waals surface area contributed by atoms with E-state index in [1.807, 2.05) is 26.8 Å². The van der Waals surface area contributed by atoms with Crippen LogP contribution in [-0.2, 0) is 6.54 Å². The molecule has 2 aromatic heterocycles. The Morgan fingerprint density at radius 3 is 2.80 bits per heavy atom. The minimum absolute atomic E-state index is 0.218. The monoisotopic (exact) mass is 276 g/mol. The van der Waals surface area contributed by atoms with Crippen molar-refractivity contribution in [2.75, 3.05) is 5.32 Å². The van der Waals surface area contributed by atoms with Gasteiger partial charge in [0.15, 0.2) is 0 Å². The van der Waals surface area contributed by atoms with Crippen molar-refractivity contribution in [3.8, 4) is 0 Å². The molecule has 2 aromatic rings. The van der Waals surface area contributed by atoms with Crippen molar-refractivity contribution < 1.29 is 9.32 Å². The zero-order valence-corrected chi connectivity index (χ0v) is 12.3. The van der Waals surface area contributed by atoms with Crippen LogP contribution < -0.4 is 5.32 Å². The first-order valence-corrected chi connectivity index (χ1v) is 6.83. The number of aryl methyl sites for hydroxylation is 2. The first-order valence-electron chi connectivity index (χ1n) is 6.83. The average Bonchev–Trinajstić information content (AvgIpc) is 2.97. The van der Waals surface area contributed by atoms with Gasteiger partial charge in [0.1, 0.15) is 5.82 Å². The van der Waals surface area contributed by atoms with Gasteiger partial charge in [-0.3, -0.25) is 4.79 Å². The molecule has 0 fully saturated rings. The van der Waals surface area contributed by atoms with Crippen molar-refractivity contribution >= 4 is 11.7 Å². The number of carbonyl (C=O) groups is 1. The van der Waals surface area contributed by atoms with Gasteiger partial charge >= 0.3 is 0 Å². The molecule has 0 bridgehead atoms. The number of carbonyl (C=O) groups excluding carboxylic acids is 1. The van der Waals surface area contributed by atoms with Crippen LogP contribution in [0.15, 0.2) is 16.7 Å². The lowest BCUT2D eigenvalue weighted by Crippen LogP contribution is -2.15. The average molecular weight is 276 g/mol. The summed E-state index contributed by atoms with van der Waals surface area (Å²) in [6, 6.07) is 3.51. The molecule has 0 aliphatic rings. The standard InChI is InChI=1S/C14H20N4O2/c1-5-6-18-13(7-10(4)16-18)15-14(19)12-8-11(9(2)3)17-20-12/h7-9H,5-6H2,1-4H3,(H,15,19). The van der Waals surface area contributed by atoms with Crippen molar-refractivity contribution in [1.82, 2.24) is 14.9 Å². The van der Waals surface area contributed by atoms with E-state index in [0.29, 0.717) is 5.82 Å². The third-order valence-corrected chi connectivity index (χ3v) is 2.92. The summed E-state index contributed by atoms with van der Waals surface area (Å²) in [5.74, 6) is 0.822. The molecule has 20 heavy (non-hydrogen) atoms. The van der Waals surface area contributed by atoms with E-state index in [1.54, 1.807) is 10.7 Å². The van der Waals surface area contributed by atoms with Crippen molar-refractivity contribution in [3.05, 3.63) is 29.3 Å². The number of aromatic nitrogens is 3. The van der Waals surface area contributed by atoms with Gasteiger partial charge in [-0.1, -0.05) is 25.9 Å². The summed E-state index contributed by atoms with van der Waals surface area (Å²) in [6.07, 6.45) is 0.948. The zero-order valence-electron chi connectivity index (χ0n) is 12.3. The number of nitrogens with one attached hydrogen (secondary N) is 1. The number of rotatable bonds is 5. The predicted molar refractivity (Wildman–Crippen MR) is 75.8 cm³/mol. The molecule has 0 radical (unpaired) electrons. The number of anilines is 1. The molecule has 6 nitrogen and oxygen atoms in total. The number of hydrogen-bond donors (Lipinski definition) is 1. The van der Waals surface area contributed by atoms with E-state index in [1.165, 1.54) is 0 Å². The van der Waals surface area contributed by atoms with Gasteiger partial charge in [-0.15, -0.1) is 0 Å². The second-order valence-electron chi connectivity index (χ2n) is 5.12. The van der Waals surface area contributed by atoms with E-state index in [4.69, 9.17) is 4.52 Å². The molecular weight excluding hydrogens is 256 g/mol. The van der Waals surface area contributed by atoms with Gasteiger partial charge in [-0.2, -0.15) is 5.10 Å². The molecule has 0 unspecified atom stereocenters. The molecule has 1 N–H and O–H groups in total. The molecule has 6 heteroatoms. The zero-order chi connectivity index (χ0) is 14.7. The summed E-state index contributed by atoms with van der Waals surface area (Å²) < 4.78 is 6.86. The number of nitrogens with zero attached hydrogens (tertiary/aromatic N) is 3. The largest absolute Gasteiger partial charge is 0.351 e. The van der Waals surface area contributed by atoms with Gasteiger partial charge in [0, 0.05) is 18.7 Å². The first-order chi connectivity index (χ1) is 9.51. The van der Waals surface area contributed by atoms with Crippen molar-refractivity contribution in [3.63, 3.8) is 0 Å². The highest BCUT2D eigenvalue weighted by atomic mass is 16.5. The van der Waals surface area contributed by atoms with Crippen LogP contribution in [0.3, 0.4) is 0 Å². The topological polar surface area (TPSA) is 73.0 Å². The summed E-state index contributed by atoms with van der Waals surface area (Å²) in [5, 5.41) is 11.0. The van der Waals surface area contributed by atoms with Gasteiger partial charge in [-0.05, 0) is 19.3 Å². The fourth-order valence-corrected chi connectivity index (χ4v) is 1.87. The van der Waals surface area contributed by atoms with Crippen LogP contribution in [0.2, 0.25) is 0 Å². The summed E-state index contributed by atoms with van der Waals surface area (Å²) in [6.45, 7) is 8.72. The van der Waals surface area contributed by atoms with E-state index in [0.717, 1.165) is 24.4 Å². The third-order valence-electron chi connectivity index (χ3n) is 2.92. The molecule has 0 aliphatic carbocycles. The van der Waals surface area contributed by atoms with Crippen molar-refractivity contribution in [1.29, 1.82) is 0 Å². The summed E-state index contributed by atoms with van der Waals surface area (Å²) in [5.41, 5.74) is 1.64. The Kier molecular flexibility index (Phi) is 4.22. The summed E-state index contributed by atoms with van der Waals surface area (Å²) >= 11 is 0. The van der Waals surface area contributed by atoms with Crippen LogP contribution in [-0.4, -0.2) is 20.8 Å². The maximum absolute atomic E-state index is 12.1. The second-order valence-corrected chi connectivity index (χ2v) is 5.12. The molecule has 0 spiro atoms. The normalized spacial score (nSPS) is 11.1. The molecule has 0 aromatic carbocycles. The lowest BCUT2D eigenvalue weighted by atomic mass is 10.1. The third kappa shape index (κ3) is 3.07. The van der Waals surface area contributed by atoms with Crippen molar-refractivity contribution in [2.24, 2.45) is 0 Å². The summed E-state index contributed by atoms with van der Waals surface area (Å²) in [4.78, 5) is 12.1. The van der Waals surface area contributed by atoms with Crippen LogP contribution >= 0.6 is 0 Å². The minimum atomic E-state index is -0.304. The fraction of sp³-hybridized carbons (Fsp3) is 0.500. The van der Waals surface area contributed by atoms with Crippen LogP contribution in [0.4, 0.5) is 5.82 Å². The molecule has 2 heterocycles. The van der Waals surface area contributed by atoms with Gasteiger partial charge in [0.2, 0.25) is 5.76 Å². The molecule has 2 rings (SSSR count). The highest BCUT2D eigenvalue weighted by Crippen LogP contribution is 2.16. The van der Waals surface area contributed by atoms with Gasteiger partial charge < -0.3 is 9.84 Å². The summed E-state index contributed by atoms with van der Waals surface area (Å²) in [7, 11) is 0. The molecule has 1 amide bonds. The molecule has 0 saturated carbocycles. The van der Waals surface area contributed by atoms with E-state index in [2.05, 4.69) is 22.5 Å². The molecule has 0 atom stereocenters. The van der Waals surface area contributed by atoms with Crippen LogP contribution in [0.25, 0.3) is 0 Å². The molecule has 0 saturated heterocycles. The SMILES string of the molecule is CCCn1nc(C)cc1NC(=O)c1cc(C(C)C)no1. The Labute approximate surface area is 118 Å². The Hall–Kier alpha value is -2.11. The predicted octanol–water partition coefficient (Wildman–Crippen LogP) is 2.97. The Morgan fingerprint density at radius 2 is 2.20 bits per heavy atom. The highest BCUT2D eigenvalue weighted by molar-refractivity contribution is 6.01. The second kappa shape index (κ2) is 5.90.